The van der Waals surface area contributed by atoms with E-state index in [1.807, 2.05) is 48.0 Å². The lowest BCUT2D eigenvalue weighted by atomic mass is 10.2. The lowest BCUT2D eigenvalue weighted by Gasteiger charge is -2.12. The van der Waals surface area contributed by atoms with Gasteiger partial charge in [0.05, 0.1) is 17.9 Å². The van der Waals surface area contributed by atoms with Crippen LogP contribution in [0.1, 0.15) is 17.3 Å². The van der Waals surface area contributed by atoms with Gasteiger partial charge in [-0.1, -0.05) is 24.3 Å². The Morgan fingerprint density at radius 1 is 1.39 bits per heavy atom. The molecule has 1 atom stereocenters. The van der Waals surface area contributed by atoms with Crippen LogP contribution in [0.15, 0.2) is 55.4 Å². The first-order valence-corrected chi connectivity index (χ1v) is 7.18. The number of primary amides is 1. The Kier molecular flexibility index (Phi) is 3.80. The molecule has 0 radical (unpaired) electrons. The summed E-state index contributed by atoms with van der Waals surface area (Å²) in [6, 6.07) is 8.86. The van der Waals surface area contributed by atoms with Gasteiger partial charge in [-0.15, -0.1) is 6.58 Å². The average Bonchev–Trinajstić information content (AvgIpc) is 2.95. The van der Waals surface area contributed by atoms with Crippen molar-refractivity contribution in [2.45, 2.75) is 13.0 Å². The average molecular weight is 307 g/mol. The Hall–Kier alpha value is -3.15. The van der Waals surface area contributed by atoms with E-state index in [9.17, 15) is 4.79 Å². The minimum Gasteiger partial charge on any atom is -0.352 e. The summed E-state index contributed by atoms with van der Waals surface area (Å²) in [5.74, 6) is 0. The Bertz CT molecular complexity index is 884. The molecule has 0 spiro atoms. The van der Waals surface area contributed by atoms with Crippen LogP contribution in [-0.4, -0.2) is 20.6 Å². The van der Waals surface area contributed by atoms with Crippen LogP contribution in [0.25, 0.3) is 16.9 Å². The van der Waals surface area contributed by atoms with Crippen LogP contribution in [-0.2, 0) is 0 Å². The highest BCUT2D eigenvalue weighted by Crippen LogP contribution is 2.21. The van der Waals surface area contributed by atoms with Crippen molar-refractivity contribution in [3.63, 3.8) is 0 Å². The summed E-state index contributed by atoms with van der Waals surface area (Å²) in [5.41, 5.74) is 9.46. The van der Waals surface area contributed by atoms with Gasteiger partial charge in [0.1, 0.15) is 5.52 Å². The molecule has 0 aliphatic heterocycles. The summed E-state index contributed by atoms with van der Waals surface area (Å²) in [6.45, 7) is 5.74. The second-order valence-electron chi connectivity index (χ2n) is 5.20. The molecule has 3 rings (SSSR count). The predicted octanol–water partition coefficient (Wildman–Crippen LogP) is 2.62. The number of hydrogen-bond acceptors (Lipinski definition) is 3. The maximum absolute atomic E-state index is 11.0. The SMILES string of the molecule is C=CC(NC(N)=O)c1cnc2c(ccn2-c2ccccc2C)n1. The van der Waals surface area contributed by atoms with Gasteiger partial charge >= 0.3 is 6.03 Å². The molecule has 0 saturated heterocycles. The Morgan fingerprint density at radius 2 is 2.17 bits per heavy atom. The van der Waals surface area contributed by atoms with Gasteiger partial charge in [-0.25, -0.2) is 14.8 Å². The molecule has 0 fully saturated rings. The third-order valence-electron chi connectivity index (χ3n) is 3.63. The minimum atomic E-state index is -0.630. The molecular formula is C17H17N5O. The van der Waals surface area contributed by atoms with Gasteiger partial charge in [0.25, 0.3) is 0 Å². The van der Waals surface area contributed by atoms with E-state index in [4.69, 9.17) is 5.73 Å². The number of nitrogens with one attached hydrogen (secondary N) is 1. The van der Waals surface area contributed by atoms with Crippen LogP contribution < -0.4 is 11.1 Å². The third-order valence-corrected chi connectivity index (χ3v) is 3.63. The molecule has 2 amide bonds. The number of urea groups is 1. The topological polar surface area (TPSA) is 85.8 Å². The number of aromatic nitrogens is 3. The van der Waals surface area contributed by atoms with Crippen LogP contribution >= 0.6 is 0 Å². The van der Waals surface area contributed by atoms with Gasteiger partial charge in [-0.3, -0.25) is 4.57 Å². The maximum Gasteiger partial charge on any atom is 0.312 e. The minimum absolute atomic E-state index is 0.466. The molecule has 0 aliphatic rings. The van der Waals surface area contributed by atoms with Gasteiger partial charge in [-0.2, -0.15) is 0 Å². The number of aryl methyl sites for hydroxylation is 1. The molecule has 2 aromatic heterocycles. The summed E-state index contributed by atoms with van der Waals surface area (Å²) in [5, 5.41) is 2.57. The number of nitrogens with zero attached hydrogens (tertiary/aromatic N) is 3. The standard InChI is InChI=1S/C17H17N5O/c1-3-12(21-17(18)23)14-10-19-16-13(20-14)8-9-22(16)15-7-5-4-6-11(15)2/h3-10,12H,1H2,2H3,(H3,18,21,23). The van der Waals surface area contributed by atoms with Crippen molar-refractivity contribution < 1.29 is 4.79 Å². The summed E-state index contributed by atoms with van der Waals surface area (Å²) < 4.78 is 1.99. The van der Waals surface area contributed by atoms with Crippen molar-refractivity contribution in [2.75, 3.05) is 0 Å². The van der Waals surface area contributed by atoms with Crippen molar-refractivity contribution in [1.29, 1.82) is 0 Å². The van der Waals surface area contributed by atoms with Crippen molar-refractivity contribution >= 4 is 17.2 Å². The van der Waals surface area contributed by atoms with Crippen LogP contribution in [0.3, 0.4) is 0 Å². The molecule has 1 unspecified atom stereocenters. The monoisotopic (exact) mass is 307 g/mol. The number of carbonyl (C=O) groups excluding carboxylic acids is 1. The zero-order valence-corrected chi connectivity index (χ0v) is 12.7. The summed E-state index contributed by atoms with van der Waals surface area (Å²) >= 11 is 0. The van der Waals surface area contributed by atoms with E-state index in [-0.39, 0.29) is 0 Å². The zero-order chi connectivity index (χ0) is 16.4. The number of benzene rings is 1. The molecular weight excluding hydrogens is 290 g/mol. The van der Waals surface area contributed by atoms with Crippen molar-refractivity contribution in [1.82, 2.24) is 19.9 Å². The first kappa shape index (κ1) is 14.8. The molecule has 23 heavy (non-hydrogen) atoms. The Morgan fingerprint density at radius 3 is 2.87 bits per heavy atom. The van der Waals surface area contributed by atoms with Crippen molar-refractivity contribution in [2.24, 2.45) is 5.73 Å². The van der Waals surface area contributed by atoms with Gasteiger partial charge in [-0.05, 0) is 24.6 Å². The number of nitrogens with two attached hydrogens (primary N) is 1. The molecule has 3 aromatic rings. The van der Waals surface area contributed by atoms with Crippen LogP contribution in [0.4, 0.5) is 4.79 Å². The molecule has 0 aliphatic carbocycles. The summed E-state index contributed by atoms with van der Waals surface area (Å²) in [4.78, 5) is 20.1. The zero-order valence-electron chi connectivity index (χ0n) is 12.7. The summed E-state index contributed by atoms with van der Waals surface area (Å²) in [7, 11) is 0. The van der Waals surface area contributed by atoms with Crippen LogP contribution in [0.5, 0.6) is 0 Å². The smallest absolute Gasteiger partial charge is 0.312 e. The Balaban J connectivity index is 2.05. The fourth-order valence-corrected chi connectivity index (χ4v) is 2.51. The number of hydrogen-bond donors (Lipinski definition) is 2. The van der Waals surface area contributed by atoms with E-state index < -0.39 is 12.1 Å². The molecule has 6 heteroatoms. The van der Waals surface area contributed by atoms with Crippen molar-refractivity contribution in [3.05, 3.63) is 66.6 Å². The predicted molar refractivity (Wildman–Crippen MR) is 89.3 cm³/mol. The highest BCUT2D eigenvalue weighted by molar-refractivity contribution is 5.75. The van der Waals surface area contributed by atoms with E-state index in [1.54, 1.807) is 12.3 Å². The first-order chi connectivity index (χ1) is 11.1. The molecule has 1 aromatic carbocycles. The fourth-order valence-electron chi connectivity index (χ4n) is 2.51. The molecule has 2 heterocycles. The fraction of sp³-hybridized carbons (Fsp3) is 0.118. The van der Waals surface area contributed by atoms with Gasteiger partial charge in [0, 0.05) is 11.9 Å². The lowest BCUT2D eigenvalue weighted by molar-refractivity contribution is 0.247. The number of carbonyl (C=O) groups is 1. The van der Waals surface area contributed by atoms with Crippen LogP contribution in [0, 0.1) is 6.92 Å². The molecule has 0 saturated carbocycles. The van der Waals surface area contributed by atoms with E-state index in [0.29, 0.717) is 5.69 Å². The second kappa shape index (κ2) is 5.92. The number of amides is 2. The summed E-state index contributed by atoms with van der Waals surface area (Å²) in [6.07, 6.45) is 5.12. The number of rotatable bonds is 4. The maximum atomic E-state index is 11.0. The van der Waals surface area contributed by atoms with Gasteiger partial charge in [0.2, 0.25) is 0 Å². The molecule has 3 N–H and O–H groups in total. The number of fused-ring (bicyclic) bond motifs is 1. The lowest BCUT2D eigenvalue weighted by Crippen LogP contribution is -2.32. The molecule has 6 nitrogen and oxygen atoms in total. The highest BCUT2D eigenvalue weighted by Gasteiger charge is 2.14. The third kappa shape index (κ3) is 2.78. The normalized spacial score (nSPS) is 12.0. The quantitative estimate of drug-likeness (QED) is 0.726. The van der Waals surface area contributed by atoms with Gasteiger partial charge < -0.3 is 11.1 Å². The van der Waals surface area contributed by atoms with Crippen molar-refractivity contribution in [3.8, 4) is 5.69 Å². The second-order valence-corrected chi connectivity index (χ2v) is 5.20. The highest BCUT2D eigenvalue weighted by atomic mass is 16.2. The van der Waals surface area contributed by atoms with Crippen LogP contribution in [0.2, 0.25) is 0 Å². The van der Waals surface area contributed by atoms with E-state index in [0.717, 1.165) is 22.4 Å². The molecule has 0 bridgehead atoms. The largest absolute Gasteiger partial charge is 0.352 e. The first-order valence-electron chi connectivity index (χ1n) is 7.18. The number of para-hydroxylation sites is 1. The van der Waals surface area contributed by atoms with Gasteiger partial charge in [0.15, 0.2) is 5.65 Å². The van der Waals surface area contributed by atoms with E-state index in [2.05, 4.69) is 21.9 Å². The molecule has 116 valence electrons. The van der Waals surface area contributed by atoms with E-state index >= 15 is 0 Å². The Labute approximate surface area is 133 Å². The van der Waals surface area contributed by atoms with E-state index in [1.165, 1.54) is 0 Å².